The highest BCUT2D eigenvalue weighted by molar-refractivity contribution is 7.15. The van der Waals surface area contributed by atoms with E-state index in [1.165, 1.54) is 11.3 Å². The summed E-state index contributed by atoms with van der Waals surface area (Å²) >= 11 is 1.67. The molecule has 0 spiro atoms. The fourth-order valence-corrected chi connectivity index (χ4v) is 2.86. The number of nitrogens with zero attached hydrogens (tertiary/aromatic N) is 3. The van der Waals surface area contributed by atoms with Crippen molar-refractivity contribution in [3.8, 4) is 11.3 Å². The molecule has 0 atom stereocenters. The first-order valence-electron chi connectivity index (χ1n) is 5.56. The summed E-state index contributed by atoms with van der Waals surface area (Å²) in [6.45, 7) is 0.644. The van der Waals surface area contributed by atoms with Gasteiger partial charge in [-0.3, -0.25) is 4.40 Å². The lowest BCUT2D eigenvalue weighted by Gasteiger charge is -1.94. The van der Waals surface area contributed by atoms with Crippen LogP contribution in [-0.2, 0) is 13.5 Å². The fourth-order valence-electron chi connectivity index (χ4n) is 1.96. The minimum absolute atomic E-state index is 0.644. The molecule has 5 heteroatoms. The van der Waals surface area contributed by atoms with E-state index in [1.54, 1.807) is 11.3 Å². The summed E-state index contributed by atoms with van der Waals surface area (Å²) in [5.74, 6) is 0. The van der Waals surface area contributed by atoms with Gasteiger partial charge in [0, 0.05) is 43.0 Å². The van der Waals surface area contributed by atoms with Crippen LogP contribution in [0.2, 0.25) is 0 Å². The normalized spacial score (nSPS) is 11.4. The SMILES string of the molecule is Cn1ccc(-c2csc3nc(CCN)cn23)c1. The molecule has 4 nitrogen and oxygen atoms in total. The molecule has 2 N–H and O–H groups in total. The third-order valence-electron chi connectivity index (χ3n) is 2.79. The molecule has 0 radical (unpaired) electrons. The first-order valence-corrected chi connectivity index (χ1v) is 6.44. The Hall–Kier alpha value is -1.59. The van der Waals surface area contributed by atoms with Crippen LogP contribution in [-0.4, -0.2) is 20.5 Å². The Labute approximate surface area is 103 Å². The Balaban J connectivity index is 2.10. The summed E-state index contributed by atoms with van der Waals surface area (Å²) in [7, 11) is 2.03. The van der Waals surface area contributed by atoms with Crippen molar-refractivity contribution in [3.63, 3.8) is 0 Å². The second-order valence-corrected chi connectivity index (χ2v) is 4.95. The molecule has 0 aliphatic carbocycles. The van der Waals surface area contributed by atoms with Gasteiger partial charge >= 0.3 is 0 Å². The number of hydrogen-bond donors (Lipinski definition) is 1. The second-order valence-electron chi connectivity index (χ2n) is 4.11. The standard InChI is InChI=1S/C12H14N4S/c1-15-5-3-9(6-15)11-8-17-12-14-10(2-4-13)7-16(11)12/h3,5-8H,2,4,13H2,1H3. The number of thiazole rings is 1. The van der Waals surface area contributed by atoms with Crippen molar-refractivity contribution in [1.82, 2.24) is 14.0 Å². The highest BCUT2D eigenvalue weighted by atomic mass is 32.1. The van der Waals surface area contributed by atoms with E-state index in [2.05, 4.69) is 44.0 Å². The number of aryl methyl sites for hydroxylation is 1. The van der Waals surface area contributed by atoms with Crippen LogP contribution in [0.3, 0.4) is 0 Å². The van der Waals surface area contributed by atoms with Crippen molar-refractivity contribution in [2.75, 3.05) is 6.54 Å². The zero-order chi connectivity index (χ0) is 11.8. The van der Waals surface area contributed by atoms with E-state index in [-0.39, 0.29) is 0 Å². The Morgan fingerprint density at radius 3 is 3.00 bits per heavy atom. The van der Waals surface area contributed by atoms with Crippen LogP contribution in [0.25, 0.3) is 16.2 Å². The van der Waals surface area contributed by atoms with Crippen LogP contribution in [0, 0.1) is 0 Å². The minimum atomic E-state index is 0.644. The van der Waals surface area contributed by atoms with Crippen molar-refractivity contribution >= 4 is 16.3 Å². The van der Waals surface area contributed by atoms with Crippen LogP contribution >= 0.6 is 11.3 Å². The van der Waals surface area contributed by atoms with Crippen molar-refractivity contribution in [2.45, 2.75) is 6.42 Å². The summed E-state index contributed by atoms with van der Waals surface area (Å²) in [5.41, 5.74) is 9.03. The second kappa shape index (κ2) is 4.01. The number of nitrogens with two attached hydrogens (primary N) is 1. The minimum Gasteiger partial charge on any atom is -0.357 e. The number of fused-ring (bicyclic) bond motifs is 1. The lowest BCUT2D eigenvalue weighted by molar-refractivity contribution is 0.928. The lowest BCUT2D eigenvalue weighted by atomic mass is 10.3. The molecule has 3 heterocycles. The van der Waals surface area contributed by atoms with Crippen molar-refractivity contribution in [1.29, 1.82) is 0 Å². The Morgan fingerprint density at radius 1 is 1.41 bits per heavy atom. The predicted octanol–water partition coefficient (Wildman–Crippen LogP) is 1.90. The molecule has 0 saturated carbocycles. The van der Waals surface area contributed by atoms with E-state index in [4.69, 9.17) is 5.73 Å². The molecule has 0 amide bonds. The monoisotopic (exact) mass is 246 g/mol. The van der Waals surface area contributed by atoms with E-state index in [0.29, 0.717) is 6.54 Å². The number of hydrogen-bond acceptors (Lipinski definition) is 3. The molecular formula is C12H14N4S. The summed E-state index contributed by atoms with van der Waals surface area (Å²) in [6.07, 6.45) is 7.09. The number of aromatic nitrogens is 3. The fraction of sp³-hybridized carbons (Fsp3) is 0.250. The zero-order valence-corrected chi connectivity index (χ0v) is 10.4. The average Bonchev–Trinajstić information content (AvgIpc) is 2.93. The molecule has 0 bridgehead atoms. The van der Waals surface area contributed by atoms with E-state index in [0.717, 1.165) is 17.1 Å². The van der Waals surface area contributed by atoms with Gasteiger partial charge in [-0.05, 0) is 12.6 Å². The van der Waals surface area contributed by atoms with Crippen molar-refractivity contribution < 1.29 is 0 Å². The molecule has 3 aromatic rings. The van der Waals surface area contributed by atoms with Gasteiger partial charge in [0.05, 0.1) is 11.4 Å². The molecule has 0 aliphatic heterocycles. The summed E-state index contributed by atoms with van der Waals surface area (Å²) in [6, 6.07) is 2.12. The largest absolute Gasteiger partial charge is 0.357 e. The van der Waals surface area contributed by atoms with Gasteiger partial charge in [-0.15, -0.1) is 11.3 Å². The molecule has 0 fully saturated rings. The van der Waals surface area contributed by atoms with Crippen LogP contribution in [0.5, 0.6) is 0 Å². The Kier molecular flexibility index (Phi) is 2.49. The summed E-state index contributed by atoms with van der Waals surface area (Å²) in [5, 5.41) is 2.14. The summed E-state index contributed by atoms with van der Waals surface area (Å²) < 4.78 is 4.20. The van der Waals surface area contributed by atoms with Gasteiger partial charge in [0.2, 0.25) is 0 Å². The Morgan fingerprint density at radius 2 is 2.29 bits per heavy atom. The van der Waals surface area contributed by atoms with Crippen LogP contribution < -0.4 is 5.73 Å². The smallest absolute Gasteiger partial charge is 0.194 e. The molecule has 0 saturated heterocycles. The van der Waals surface area contributed by atoms with Gasteiger partial charge in [0.15, 0.2) is 4.96 Å². The highest BCUT2D eigenvalue weighted by Gasteiger charge is 2.09. The molecule has 17 heavy (non-hydrogen) atoms. The zero-order valence-electron chi connectivity index (χ0n) is 9.63. The third kappa shape index (κ3) is 1.77. The van der Waals surface area contributed by atoms with E-state index in [1.807, 2.05) is 7.05 Å². The van der Waals surface area contributed by atoms with Crippen LogP contribution in [0.1, 0.15) is 5.69 Å². The number of imidazole rings is 1. The predicted molar refractivity (Wildman–Crippen MR) is 70.2 cm³/mol. The topological polar surface area (TPSA) is 48.2 Å². The van der Waals surface area contributed by atoms with E-state index >= 15 is 0 Å². The highest BCUT2D eigenvalue weighted by Crippen LogP contribution is 2.26. The first kappa shape index (κ1) is 10.6. The summed E-state index contributed by atoms with van der Waals surface area (Å²) in [4.78, 5) is 5.58. The molecule has 0 aliphatic rings. The molecule has 3 aromatic heterocycles. The van der Waals surface area contributed by atoms with Crippen molar-refractivity contribution in [2.24, 2.45) is 12.8 Å². The van der Waals surface area contributed by atoms with Crippen molar-refractivity contribution in [3.05, 3.63) is 35.7 Å². The lowest BCUT2D eigenvalue weighted by Crippen LogP contribution is -2.02. The number of rotatable bonds is 3. The molecule has 0 unspecified atom stereocenters. The maximum Gasteiger partial charge on any atom is 0.194 e. The van der Waals surface area contributed by atoms with Gasteiger partial charge in [-0.1, -0.05) is 0 Å². The van der Waals surface area contributed by atoms with Gasteiger partial charge in [0.25, 0.3) is 0 Å². The average molecular weight is 246 g/mol. The molecular weight excluding hydrogens is 232 g/mol. The third-order valence-corrected chi connectivity index (χ3v) is 3.63. The van der Waals surface area contributed by atoms with Gasteiger partial charge in [0.1, 0.15) is 0 Å². The van der Waals surface area contributed by atoms with Crippen LogP contribution in [0.15, 0.2) is 30.0 Å². The van der Waals surface area contributed by atoms with E-state index in [9.17, 15) is 0 Å². The van der Waals surface area contributed by atoms with Crippen LogP contribution in [0.4, 0.5) is 0 Å². The first-order chi connectivity index (χ1) is 8.28. The maximum atomic E-state index is 5.55. The maximum absolute atomic E-state index is 5.55. The van der Waals surface area contributed by atoms with Gasteiger partial charge in [-0.2, -0.15) is 0 Å². The quantitative estimate of drug-likeness (QED) is 0.767. The van der Waals surface area contributed by atoms with Gasteiger partial charge < -0.3 is 10.3 Å². The Bertz CT molecular complexity index is 646. The molecule has 0 aromatic carbocycles. The van der Waals surface area contributed by atoms with E-state index < -0.39 is 0 Å². The molecule has 88 valence electrons. The van der Waals surface area contributed by atoms with Gasteiger partial charge in [-0.25, -0.2) is 4.98 Å². The molecule has 3 rings (SSSR count).